The zero-order chi connectivity index (χ0) is 17.5. The molecule has 0 aliphatic heterocycles. The first-order valence-electron chi connectivity index (χ1n) is 10.2. The van der Waals surface area contributed by atoms with Crippen molar-refractivity contribution >= 4 is 11.9 Å². The molecule has 2 aromatic rings. The minimum atomic E-state index is 0.269. The van der Waals surface area contributed by atoms with Gasteiger partial charge in [0.25, 0.3) is 0 Å². The van der Waals surface area contributed by atoms with Gasteiger partial charge in [0.1, 0.15) is 0 Å². The van der Waals surface area contributed by atoms with Crippen LogP contribution in [0, 0.1) is 17.8 Å². The predicted molar refractivity (Wildman–Crippen MR) is 106 cm³/mol. The molecule has 0 saturated heterocycles. The molecule has 1 nitrogen and oxygen atoms in total. The second-order valence-corrected chi connectivity index (χ2v) is 8.34. The Labute approximate surface area is 156 Å². The predicted octanol–water partition coefficient (Wildman–Crippen LogP) is 5.81. The Balaban J connectivity index is 1.41. The molecular weight excluding hydrogens is 316 g/mol. The normalized spacial score (nSPS) is 31.8. The third-order valence-corrected chi connectivity index (χ3v) is 7.11. The molecule has 0 N–H and O–H groups in total. The minimum absolute atomic E-state index is 0.269. The number of rotatable bonds is 1. The molecule has 2 fully saturated rings. The smallest absolute Gasteiger partial charge is 0.162 e. The fourth-order valence-electron chi connectivity index (χ4n) is 5.95. The Morgan fingerprint density at radius 2 is 1.42 bits per heavy atom. The second-order valence-electron chi connectivity index (χ2n) is 8.34. The largest absolute Gasteiger partial charge is 0.294 e. The van der Waals surface area contributed by atoms with E-state index in [2.05, 4.69) is 42.5 Å². The van der Waals surface area contributed by atoms with Crippen molar-refractivity contribution in [2.24, 2.45) is 17.8 Å². The van der Waals surface area contributed by atoms with E-state index in [1.54, 1.807) is 11.1 Å². The lowest BCUT2D eigenvalue weighted by Crippen LogP contribution is -2.42. The molecule has 2 aromatic carbocycles. The molecule has 1 heteroatoms. The average molecular weight is 342 g/mol. The highest BCUT2D eigenvalue weighted by molar-refractivity contribution is 6.02. The zero-order valence-corrected chi connectivity index (χ0v) is 15.2. The second kappa shape index (κ2) is 6.54. The van der Waals surface area contributed by atoms with E-state index in [-0.39, 0.29) is 5.92 Å². The van der Waals surface area contributed by atoms with E-state index in [0.29, 0.717) is 23.5 Å². The van der Waals surface area contributed by atoms with Crippen LogP contribution in [0.1, 0.15) is 54.7 Å². The fraction of sp³-hybridized carbons (Fsp3) is 0.400. The molecule has 3 aliphatic rings. The van der Waals surface area contributed by atoms with Gasteiger partial charge in [0, 0.05) is 5.92 Å². The lowest BCUT2D eigenvalue weighted by Gasteiger charge is -2.48. The van der Waals surface area contributed by atoms with E-state index in [4.69, 9.17) is 0 Å². The van der Waals surface area contributed by atoms with Gasteiger partial charge in [0.15, 0.2) is 5.78 Å². The van der Waals surface area contributed by atoms with E-state index >= 15 is 0 Å². The SMILES string of the molecule is O=C1C(=Cc2ccccc2)CCC2C1CCC1c3ccccc3CCC12. The Morgan fingerprint density at radius 1 is 0.731 bits per heavy atom. The van der Waals surface area contributed by atoms with E-state index in [9.17, 15) is 4.79 Å². The van der Waals surface area contributed by atoms with E-state index in [0.717, 1.165) is 24.0 Å². The highest BCUT2D eigenvalue weighted by Gasteiger charge is 2.46. The Morgan fingerprint density at radius 3 is 2.31 bits per heavy atom. The van der Waals surface area contributed by atoms with Gasteiger partial charge in [-0.05, 0) is 84.6 Å². The van der Waals surface area contributed by atoms with Crippen LogP contribution < -0.4 is 0 Å². The lowest BCUT2D eigenvalue weighted by atomic mass is 9.56. The van der Waals surface area contributed by atoms with Crippen molar-refractivity contribution in [2.45, 2.75) is 44.4 Å². The zero-order valence-electron chi connectivity index (χ0n) is 15.2. The van der Waals surface area contributed by atoms with Crippen LogP contribution in [0.2, 0.25) is 0 Å². The number of hydrogen-bond acceptors (Lipinski definition) is 1. The molecule has 2 saturated carbocycles. The van der Waals surface area contributed by atoms with Crippen LogP contribution in [0.3, 0.4) is 0 Å². The maximum absolute atomic E-state index is 13.2. The van der Waals surface area contributed by atoms with Gasteiger partial charge >= 0.3 is 0 Å². The number of benzene rings is 2. The van der Waals surface area contributed by atoms with Gasteiger partial charge in [-0.3, -0.25) is 4.79 Å². The van der Waals surface area contributed by atoms with Gasteiger partial charge in [-0.2, -0.15) is 0 Å². The van der Waals surface area contributed by atoms with Crippen LogP contribution >= 0.6 is 0 Å². The van der Waals surface area contributed by atoms with E-state index in [1.165, 1.54) is 25.7 Å². The quantitative estimate of drug-likeness (QED) is 0.598. The molecule has 0 radical (unpaired) electrons. The van der Waals surface area contributed by atoms with E-state index < -0.39 is 0 Å². The summed E-state index contributed by atoms with van der Waals surface area (Å²) in [6, 6.07) is 19.4. The van der Waals surface area contributed by atoms with Crippen LogP contribution in [0.4, 0.5) is 0 Å². The highest BCUT2D eigenvalue weighted by atomic mass is 16.1. The van der Waals surface area contributed by atoms with Gasteiger partial charge < -0.3 is 0 Å². The number of carbonyl (C=O) groups is 1. The molecule has 0 bridgehead atoms. The number of fused-ring (bicyclic) bond motifs is 5. The van der Waals surface area contributed by atoms with Crippen LogP contribution in [0.15, 0.2) is 60.2 Å². The van der Waals surface area contributed by atoms with Crippen LogP contribution in [-0.4, -0.2) is 5.78 Å². The summed E-state index contributed by atoms with van der Waals surface area (Å²) in [5.41, 5.74) is 5.36. The molecule has 4 unspecified atom stereocenters. The van der Waals surface area contributed by atoms with E-state index in [1.807, 2.05) is 18.2 Å². The summed E-state index contributed by atoms with van der Waals surface area (Å²) in [4.78, 5) is 13.2. The van der Waals surface area contributed by atoms with Crippen molar-refractivity contribution in [1.29, 1.82) is 0 Å². The molecule has 0 amide bonds. The summed E-state index contributed by atoms with van der Waals surface area (Å²) in [5.74, 6) is 2.72. The number of carbonyl (C=O) groups excluding carboxylic acids is 1. The minimum Gasteiger partial charge on any atom is -0.294 e. The van der Waals surface area contributed by atoms with Crippen molar-refractivity contribution in [3.8, 4) is 0 Å². The number of ketones is 1. The third kappa shape index (κ3) is 2.65. The molecule has 132 valence electrons. The Hall–Kier alpha value is -2.15. The van der Waals surface area contributed by atoms with Gasteiger partial charge in [-0.15, -0.1) is 0 Å². The number of allylic oxidation sites excluding steroid dienone is 1. The lowest BCUT2D eigenvalue weighted by molar-refractivity contribution is -0.125. The first-order chi connectivity index (χ1) is 12.8. The summed E-state index contributed by atoms with van der Waals surface area (Å²) in [5, 5.41) is 0. The maximum atomic E-state index is 13.2. The Bertz CT molecular complexity index is 847. The molecule has 26 heavy (non-hydrogen) atoms. The number of hydrogen-bond donors (Lipinski definition) is 0. The highest BCUT2D eigenvalue weighted by Crippen LogP contribution is 2.53. The van der Waals surface area contributed by atoms with Gasteiger partial charge in [-0.25, -0.2) is 0 Å². The number of Topliss-reactive ketones (excluding diaryl/α,β-unsaturated/α-hetero) is 1. The van der Waals surface area contributed by atoms with Crippen molar-refractivity contribution in [3.05, 3.63) is 76.9 Å². The van der Waals surface area contributed by atoms with Gasteiger partial charge in [0.2, 0.25) is 0 Å². The summed E-state index contributed by atoms with van der Waals surface area (Å²) in [7, 11) is 0. The summed E-state index contributed by atoms with van der Waals surface area (Å²) >= 11 is 0. The Kier molecular flexibility index (Phi) is 4.04. The first kappa shape index (κ1) is 16.1. The van der Waals surface area contributed by atoms with Crippen molar-refractivity contribution < 1.29 is 4.79 Å². The maximum Gasteiger partial charge on any atom is 0.162 e. The first-order valence-corrected chi connectivity index (χ1v) is 10.2. The third-order valence-electron chi connectivity index (χ3n) is 7.11. The monoisotopic (exact) mass is 342 g/mol. The molecular formula is C25H26O. The molecule has 3 aliphatic carbocycles. The summed E-state index contributed by atoms with van der Waals surface area (Å²) in [6.45, 7) is 0. The van der Waals surface area contributed by atoms with Crippen LogP contribution in [-0.2, 0) is 11.2 Å². The molecule has 0 aromatic heterocycles. The van der Waals surface area contributed by atoms with Gasteiger partial charge in [0.05, 0.1) is 0 Å². The van der Waals surface area contributed by atoms with Crippen LogP contribution in [0.25, 0.3) is 6.08 Å². The van der Waals surface area contributed by atoms with Crippen molar-refractivity contribution in [1.82, 2.24) is 0 Å². The van der Waals surface area contributed by atoms with Crippen molar-refractivity contribution in [3.63, 3.8) is 0 Å². The summed E-state index contributed by atoms with van der Waals surface area (Å²) < 4.78 is 0. The molecule has 0 spiro atoms. The molecule has 0 heterocycles. The summed E-state index contributed by atoms with van der Waals surface area (Å²) in [6.07, 6.45) is 9.02. The average Bonchev–Trinajstić information content (AvgIpc) is 2.70. The number of aryl methyl sites for hydroxylation is 1. The topological polar surface area (TPSA) is 17.1 Å². The molecule has 5 rings (SSSR count). The van der Waals surface area contributed by atoms with Crippen molar-refractivity contribution in [2.75, 3.05) is 0 Å². The van der Waals surface area contributed by atoms with Crippen LogP contribution in [0.5, 0.6) is 0 Å². The fourth-order valence-corrected chi connectivity index (χ4v) is 5.95. The standard InChI is InChI=1S/C25H26O/c26-25-19(16-17-6-2-1-3-7-17)11-13-23-22-12-10-18-8-4-5-9-20(18)21(22)14-15-24(23)25/h1-9,16,21-24H,10-15H2. The van der Waals surface area contributed by atoms with Gasteiger partial charge in [-0.1, -0.05) is 54.6 Å². The molecule has 4 atom stereocenters.